The van der Waals surface area contributed by atoms with Crippen LogP contribution in [-0.4, -0.2) is 23.4 Å². The van der Waals surface area contributed by atoms with E-state index in [1.807, 2.05) is 24.3 Å². The van der Waals surface area contributed by atoms with Crippen LogP contribution in [0.15, 0.2) is 23.1 Å². The molecule has 3 rings (SSSR count). The third-order valence-corrected chi connectivity index (χ3v) is 3.78. The van der Waals surface area contributed by atoms with Gasteiger partial charge in [-0.15, -0.1) is 0 Å². The standard InChI is InChI=1S/C12H10N2O2S2/c15-11-10(18-12(17)14-11)6-7-1-2-9-8(5-7)13-3-4-16-9/h1-2,5-6,13H,3-4H2,(H,14,15,17). The van der Waals surface area contributed by atoms with E-state index in [2.05, 4.69) is 10.6 Å². The molecule has 0 radical (unpaired) electrons. The molecule has 92 valence electrons. The van der Waals surface area contributed by atoms with Gasteiger partial charge >= 0.3 is 0 Å². The Hall–Kier alpha value is -1.53. The molecule has 1 amide bonds. The summed E-state index contributed by atoms with van der Waals surface area (Å²) in [5.74, 6) is 0.717. The molecule has 6 heteroatoms. The lowest BCUT2D eigenvalue weighted by atomic mass is 10.1. The van der Waals surface area contributed by atoms with Crippen molar-refractivity contribution in [3.63, 3.8) is 0 Å². The molecule has 2 aliphatic rings. The first kappa shape index (κ1) is 11.6. The van der Waals surface area contributed by atoms with E-state index in [4.69, 9.17) is 17.0 Å². The first-order valence-electron chi connectivity index (χ1n) is 5.48. The molecule has 1 fully saturated rings. The molecular weight excluding hydrogens is 268 g/mol. The minimum absolute atomic E-state index is 0.132. The topological polar surface area (TPSA) is 50.4 Å². The van der Waals surface area contributed by atoms with Crippen LogP contribution in [0.3, 0.4) is 0 Å². The van der Waals surface area contributed by atoms with Crippen molar-refractivity contribution >= 4 is 46.0 Å². The highest BCUT2D eigenvalue weighted by atomic mass is 32.2. The minimum atomic E-state index is -0.132. The molecule has 0 spiro atoms. The Labute approximate surface area is 114 Å². The lowest BCUT2D eigenvalue weighted by Gasteiger charge is -2.19. The Morgan fingerprint density at radius 1 is 1.44 bits per heavy atom. The number of thiocarbonyl (C=S) groups is 1. The highest BCUT2D eigenvalue weighted by Gasteiger charge is 2.22. The Balaban J connectivity index is 1.91. The van der Waals surface area contributed by atoms with Crippen LogP contribution in [0.4, 0.5) is 5.69 Å². The second-order valence-corrected chi connectivity index (χ2v) is 5.60. The number of hydrogen-bond donors (Lipinski definition) is 2. The molecule has 2 heterocycles. The van der Waals surface area contributed by atoms with Crippen LogP contribution in [0.5, 0.6) is 5.75 Å². The largest absolute Gasteiger partial charge is 0.490 e. The molecule has 0 bridgehead atoms. The van der Waals surface area contributed by atoms with Gasteiger partial charge in [0.25, 0.3) is 5.91 Å². The zero-order valence-corrected chi connectivity index (χ0v) is 11.0. The maximum atomic E-state index is 11.5. The number of fused-ring (bicyclic) bond motifs is 1. The summed E-state index contributed by atoms with van der Waals surface area (Å²) in [6.07, 6.45) is 1.83. The number of carbonyl (C=O) groups excluding carboxylic acids is 1. The van der Waals surface area contributed by atoms with E-state index in [0.717, 1.165) is 23.5 Å². The lowest BCUT2D eigenvalue weighted by Crippen LogP contribution is -2.18. The summed E-state index contributed by atoms with van der Waals surface area (Å²) >= 11 is 6.23. The lowest BCUT2D eigenvalue weighted by molar-refractivity contribution is -0.115. The average Bonchev–Trinajstić information content (AvgIpc) is 2.68. The first-order chi connectivity index (χ1) is 8.72. The molecule has 2 N–H and O–H groups in total. The van der Waals surface area contributed by atoms with E-state index in [-0.39, 0.29) is 5.91 Å². The number of anilines is 1. The van der Waals surface area contributed by atoms with E-state index in [1.165, 1.54) is 11.8 Å². The van der Waals surface area contributed by atoms with Gasteiger partial charge in [0.15, 0.2) is 0 Å². The number of nitrogens with one attached hydrogen (secondary N) is 2. The molecule has 0 aliphatic carbocycles. The van der Waals surface area contributed by atoms with Gasteiger partial charge in [-0.25, -0.2) is 0 Å². The van der Waals surface area contributed by atoms with Crippen LogP contribution in [0, 0.1) is 0 Å². The number of benzene rings is 1. The van der Waals surface area contributed by atoms with Crippen molar-refractivity contribution in [2.45, 2.75) is 0 Å². The van der Waals surface area contributed by atoms with Gasteiger partial charge in [-0.3, -0.25) is 4.79 Å². The van der Waals surface area contributed by atoms with Crippen molar-refractivity contribution in [3.05, 3.63) is 28.7 Å². The average molecular weight is 278 g/mol. The van der Waals surface area contributed by atoms with Crippen LogP contribution in [0.25, 0.3) is 6.08 Å². The molecular formula is C12H10N2O2S2. The molecule has 2 aliphatic heterocycles. The van der Waals surface area contributed by atoms with Crippen molar-refractivity contribution in [1.82, 2.24) is 5.32 Å². The van der Waals surface area contributed by atoms with Gasteiger partial charge in [0.2, 0.25) is 0 Å². The third-order valence-electron chi connectivity index (χ3n) is 2.62. The van der Waals surface area contributed by atoms with Crippen molar-refractivity contribution in [1.29, 1.82) is 0 Å². The van der Waals surface area contributed by atoms with Crippen LogP contribution < -0.4 is 15.4 Å². The van der Waals surface area contributed by atoms with E-state index in [1.54, 1.807) is 0 Å². The normalized spacial score (nSPS) is 20.1. The van der Waals surface area contributed by atoms with Crippen molar-refractivity contribution in [2.75, 3.05) is 18.5 Å². The molecule has 1 aromatic carbocycles. The smallest absolute Gasteiger partial charge is 0.263 e. The van der Waals surface area contributed by atoms with Gasteiger partial charge in [0.05, 0.1) is 10.6 Å². The van der Waals surface area contributed by atoms with Gasteiger partial charge < -0.3 is 15.4 Å². The maximum Gasteiger partial charge on any atom is 0.263 e. The Bertz CT molecular complexity index is 569. The fraction of sp³-hybridized carbons (Fsp3) is 0.167. The molecule has 18 heavy (non-hydrogen) atoms. The number of carbonyl (C=O) groups is 1. The quantitative estimate of drug-likeness (QED) is 0.608. The maximum absolute atomic E-state index is 11.5. The SMILES string of the molecule is O=C1NC(=S)SC1=Cc1ccc2c(c1)NCCO2. The molecule has 1 saturated heterocycles. The Morgan fingerprint density at radius 2 is 2.33 bits per heavy atom. The second kappa shape index (κ2) is 4.62. The van der Waals surface area contributed by atoms with Crippen LogP contribution in [0.1, 0.15) is 5.56 Å². The number of ether oxygens (including phenoxy) is 1. The summed E-state index contributed by atoms with van der Waals surface area (Å²) in [7, 11) is 0. The van der Waals surface area contributed by atoms with Gasteiger partial charge in [0.1, 0.15) is 16.7 Å². The van der Waals surface area contributed by atoms with E-state index in [0.29, 0.717) is 15.8 Å². The second-order valence-electron chi connectivity index (χ2n) is 3.88. The van der Waals surface area contributed by atoms with Crippen LogP contribution in [-0.2, 0) is 4.79 Å². The highest BCUT2D eigenvalue weighted by molar-refractivity contribution is 8.26. The predicted octanol–water partition coefficient (Wildman–Crippen LogP) is 1.98. The number of hydrogen-bond acceptors (Lipinski definition) is 5. The summed E-state index contributed by atoms with van der Waals surface area (Å²) in [6.45, 7) is 1.48. The summed E-state index contributed by atoms with van der Waals surface area (Å²) in [5.41, 5.74) is 1.91. The minimum Gasteiger partial charge on any atom is -0.490 e. The monoisotopic (exact) mass is 278 g/mol. The van der Waals surface area contributed by atoms with Crippen LogP contribution >= 0.6 is 24.0 Å². The molecule has 1 aromatic rings. The van der Waals surface area contributed by atoms with Crippen molar-refractivity contribution < 1.29 is 9.53 Å². The fourth-order valence-electron chi connectivity index (χ4n) is 1.82. The van der Waals surface area contributed by atoms with Gasteiger partial charge in [-0.1, -0.05) is 30.0 Å². The summed E-state index contributed by atoms with van der Waals surface area (Å²) in [4.78, 5) is 12.2. The molecule has 0 atom stereocenters. The Kier molecular flexibility index (Phi) is 2.97. The first-order valence-corrected chi connectivity index (χ1v) is 6.70. The van der Waals surface area contributed by atoms with Gasteiger partial charge in [0, 0.05) is 6.54 Å². The molecule has 4 nitrogen and oxygen atoms in total. The van der Waals surface area contributed by atoms with E-state index in [9.17, 15) is 4.79 Å². The highest BCUT2D eigenvalue weighted by Crippen LogP contribution is 2.31. The Morgan fingerprint density at radius 3 is 3.11 bits per heavy atom. The summed E-state index contributed by atoms with van der Waals surface area (Å²) < 4.78 is 6.00. The molecule has 0 unspecified atom stereocenters. The summed E-state index contributed by atoms with van der Waals surface area (Å²) in [6, 6.07) is 5.80. The van der Waals surface area contributed by atoms with Gasteiger partial charge in [-0.05, 0) is 23.8 Å². The zero-order chi connectivity index (χ0) is 12.5. The van der Waals surface area contributed by atoms with E-state index >= 15 is 0 Å². The van der Waals surface area contributed by atoms with Crippen LogP contribution in [0.2, 0.25) is 0 Å². The summed E-state index contributed by atoms with van der Waals surface area (Å²) in [5, 5.41) is 5.86. The number of amides is 1. The third kappa shape index (κ3) is 2.21. The van der Waals surface area contributed by atoms with Gasteiger partial charge in [-0.2, -0.15) is 0 Å². The van der Waals surface area contributed by atoms with Crippen molar-refractivity contribution in [3.8, 4) is 5.75 Å². The fourth-order valence-corrected chi connectivity index (χ4v) is 2.86. The predicted molar refractivity (Wildman–Crippen MR) is 76.7 cm³/mol. The number of thioether (sulfide) groups is 1. The van der Waals surface area contributed by atoms with E-state index < -0.39 is 0 Å². The molecule has 0 saturated carbocycles. The zero-order valence-electron chi connectivity index (χ0n) is 9.36. The molecule has 0 aromatic heterocycles. The number of rotatable bonds is 1. The van der Waals surface area contributed by atoms with Crippen molar-refractivity contribution in [2.24, 2.45) is 0 Å².